The number of ether oxygens (including phenoxy) is 1. The van der Waals surface area contributed by atoms with Crippen LogP contribution in [0.2, 0.25) is 0 Å². The molecule has 1 aliphatic heterocycles. The Labute approximate surface area is 76.5 Å². The summed E-state index contributed by atoms with van der Waals surface area (Å²) >= 11 is 0. The summed E-state index contributed by atoms with van der Waals surface area (Å²) in [5.74, 6) is 0.513. The summed E-state index contributed by atoms with van der Waals surface area (Å²) in [6.45, 7) is 1.64. The number of rotatable bonds is 1. The predicted molar refractivity (Wildman–Crippen MR) is 47.0 cm³/mol. The molecule has 0 unspecified atom stereocenters. The van der Waals surface area contributed by atoms with Crippen molar-refractivity contribution in [3.63, 3.8) is 0 Å². The van der Waals surface area contributed by atoms with Crippen molar-refractivity contribution in [2.24, 2.45) is 5.92 Å². The van der Waals surface area contributed by atoms with Crippen LogP contribution in [-0.2, 0) is 10.2 Å². The SMILES string of the molecule is Fc1cccc([C@@]23COC[C@@H]2C3)c1. The summed E-state index contributed by atoms with van der Waals surface area (Å²) in [4.78, 5) is 0. The van der Waals surface area contributed by atoms with E-state index in [1.807, 2.05) is 6.07 Å². The third kappa shape index (κ3) is 0.953. The van der Waals surface area contributed by atoms with E-state index < -0.39 is 0 Å². The largest absolute Gasteiger partial charge is 0.380 e. The van der Waals surface area contributed by atoms with Gasteiger partial charge in [0.25, 0.3) is 0 Å². The summed E-state index contributed by atoms with van der Waals surface area (Å²) in [6, 6.07) is 6.94. The van der Waals surface area contributed by atoms with E-state index in [1.165, 1.54) is 12.5 Å². The zero-order valence-corrected chi connectivity index (χ0v) is 7.29. The van der Waals surface area contributed by atoms with E-state index in [1.54, 1.807) is 12.1 Å². The van der Waals surface area contributed by atoms with Gasteiger partial charge in [-0.2, -0.15) is 0 Å². The molecule has 0 bridgehead atoms. The Kier molecular flexibility index (Phi) is 1.34. The van der Waals surface area contributed by atoms with Crippen LogP contribution in [0, 0.1) is 11.7 Å². The highest BCUT2D eigenvalue weighted by Crippen LogP contribution is 2.58. The van der Waals surface area contributed by atoms with Crippen LogP contribution in [0.4, 0.5) is 4.39 Å². The Morgan fingerprint density at radius 2 is 2.38 bits per heavy atom. The lowest BCUT2D eigenvalue weighted by molar-refractivity contribution is 0.160. The second-order valence-electron chi connectivity index (χ2n) is 4.08. The minimum atomic E-state index is -0.135. The van der Waals surface area contributed by atoms with Crippen LogP contribution < -0.4 is 0 Å². The Balaban J connectivity index is 2.01. The molecule has 0 spiro atoms. The number of hydrogen-bond donors (Lipinski definition) is 0. The lowest BCUT2D eigenvalue weighted by Gasteiger charge is -2.10. The lowest BCUT2D eigenvalue weighted by atomic mass is 9.95. The lowest BCUT2D eigenvalue weighted by Crippen LogP contribution is -2.11. The smallest absolute Gasteiger partial charge is 0.123 e. The zero-order chi connectivity index (χ0) is 8.89. The van der Waals surface area contributed by atoms with Crippen molar-refractivity contribution in [1.29, 1.82) is 0 Å². The van der Waals surface area contributed by atoms with Gasteiger partial charge in [0.15, 0.2) is 0 Å². The van der Waals surface area contributed by atoms with E-state index in [0.29, 0.717) is 5.92 Å². The minimum Gasteiger partial charge on any atom is -0.380 e. The second kappa shape index (κ2) is 2.32. The Hall–Kier alpha value is -0.890. The van der Waals surface area contributed by atoms with E-state index in [0.717, 1.165) is 18.8 Å². The Morgan fingerprint density at radius 1 is 1.46 bits per heavy atom. The summed E-state index contributed by atoms with van der Waals surface area (Å²) < 4.78 is 18.3. The van der Waals surface area contributed by atoms with Crippen molar-refractivity contribution in [3.8, 4) is 0 Å². The van der Waals surface area contributed by atoms with E-state index in [9.17, 15) is 4.39 Å². The molecular formula is C11H11FO. The molecule has 2 aliphatic rings. The molecule has 2 heteroatoms. The van der Waals surface area contributed by atoms with Crippen LogP contribution in [0.3, 0.4) is 0 Å². The molecule has 1 saturated heterocycles. The van der Waals surface area contributed by atoms with Gasteiger partial charge in [-0.15, -0.1) is 0 Å². The zero-order valence-electron chi connectivity index (χ0n) is 7.29. The van der Waals surface area contributed by atoms with Crippen molar-refractivity contribution >= 4 is 0 Å². The number of halogens is 1. The molecule has 68 valence electrons. The fourth-order valence-electron chi connectivity index (χ4n) is 2.39. The molecule has 1 aliphatic carbocycles. The van der Waals surface area contributed by atoms with Gasteiger partial charge in [-0.25, -0.2) is 4.39 Å². The number of fused-ring (bicyclic) bond motifs is 1. The molecule has 1 heterocycles. The molecule has 0 N–H and O–H groups in total. The van der Waals surface area contributed by atoms with E-state index in [4.69, 9.17) is 4.74 Å². The molecule has 2 atom stereocenters. The fraction of sp³-hybridized carbons (Fsp3) is 0.455. The molecule has 0 aromatic heterocycles. The standard InChI is InChI=1S/C11H11FO/c12-10-3-1-2-8(4-10)11-5-9(11)6-13-7-11/h1-4,9H,5-7H2/t9-,11+/m0/s1. The first-order valence-electron chi connectivity index (χ1n) is 4.65. The predicted octanol–water partition coefficient (Wildman–Crippen LogP) is 2.11. The molecule has 13 heavy (non-hydrogen) atoms. The monoisotopic (exact) mass is 178 g/mol. The first-order valence-corrected chi connectivity index (χ1v) is 4.65. The van der Waals surface area contributed by atoms with Crippen LogP contribution in [0.5, 0.6) is 0 Å². The van der Waals surface area contributed by atoms with Crippen molar-refractivity contribution in [2.45, 2.75) is 11.8 Å². The molecular weight excluding hydrogens is 167 g/mol. The molecule has 1 saturated carbocycles. The summed E-state index contributed by atoms with van der Waals surface area (Å²) in [5, 5.41) is 0. The Bertz CT molecular complexity index is 350. The van der Waals surface area contributed by atoms with Crippen molar-refractivity contribution in [2.75, 3.05) is 13.2 Å². The van der Waals surface area contributed by atoms with Crippen LogP contribution in [-0.4, -0.2) is 13.2 Å². The molecule has 2 fully saturated rings. The van der Waals surface area contributed by atoms with Gasteiger partial charge in [-0.3, -0.25) is 0 Å². The van der Waals surface area contributed by atoms with Gasteiger partial charge in [0.1, 0.15) is 5.82 Å². The van der Waals surface area contributed by atoms with Gasteiger partial charge in [0.2, 0.25) is 0 Å². The van der Waals surface area contributed by atoms with Crippen molar-refractivity contribution in [1.82, 2.24) is 0 Å². The highest BCUT2D eigenvalue weighted by molar-refractivity contribution is 5.35. The molecule has 0 amide bonds. The van der Waals surface area contributed by atoms with Crippen molar-refractivity contribution in [3.05, 3.63) is 35.6 Å². The molecule has 3 rings (SSSR count). The highest BCUT2D eigenvalue weighted by atomic mass is 19.1. The van der Waals surface area contributed by atoms with Gasteiger partial charge in [-0.1, -0.05) is 12.1 Å². The summed E-state index contributed by atoms with van der Waals surface area (Å²) in [7, 11) is 0. The van der Waals surface area contributed by atoms with Gasteiger partial charge >= 0.3 is 0 Å². The molecule has 1 nitrogen and oxygen atoms in total. The summed E-state index contributed by atoms with van der Waals surface area (Å²) in [5.41, 5.74) is 1.30. The molecule has 1 aromatic rings. The normalized spacial score (nSPS) is 35.9. The third-order valence-electron chi connectivity index (χ3n) is 3.31. The minimum absolute atomic E-state index is 0.135. The Morgan fingerprint density at radius 3 is 3.00 bits per heavy atom. The quantitative estimate of drug-likeness (QED) is 0.640. The third-order valence-corrected chi connectivity index (χ3v) is 3.31. The van der Waals surface area contributed by atoms with Crippen LogP contribution >= 0.6 is 0 Å². The van der Waals surface area contributed by atoms with Crippen molar-refractivity contribution < 1.29 is 9.13 Å². The highest BCUT2D eigenvalue weighted by Gasteiger charge is 2.59. The average Bonchev–Trinajstić information content (AvgIpc) is 2.70. The number of hydrogen-bond acceptors (Lipinski definition) is 1. The first-order chi connectivity index (χ1) is 6.31. The maximum atomic E-state index is 13.0. The maximum absolute atomic E-state index is 13.0. The van der Waals surface area contributed by atoms with Crippen LogP contribution in [0.1, 0.15) is 12.0 Å². The average molecular weight is 178 g/mol. The van der Waals surface area contributed by atoms with Gasteiger partial charge < -0.3 is 4.74 Å². The summed E-state index contributed by atoms with van der Waals surface area (Å²) in [6.07, 6.45) is 1.18. The van der Waals surface area contributed by atoms with E-state index in [-0.39, 0.29) is 11.2 Å². The fourth-order valence-corrected chi connectivity index (χ4v) is 2.39. The molecule has 1 aromatic carbocycles. The van der Waals surface area contributed by atoms with Gasteiger partial charge in [0, 0.05) is 5.41 Å². The van der Waals surface area contributed by atoms with Gasteiger partial charge in [-0.05, 0) is 30.0 Å². The second-order valence-corrected chi connectivity index (χ2v) is 4.08. The van der Waals surface area contributed by atoms with Crippen LogP contribution in [0.25, 0.3) is 0 Å². The van der Waals surface area contributed by atoms with Gasteiger partial charge in [0.05, 0.1) is 13.2 Å². The maximum Gasteiger partial charge on any atom is 0.123 e. The van der Waals surface area contributed by atoms with E-state index >= 15 is 0 Å². The topological polar surface area (TPSA) is 9.23 Å². The van der Waals surface area contributed by atoms with E-state index in [2.05, 4.69) is 0 Å². The molecule has 0 radical (unpaired) electrons. The van der Waals surface area contributed by atoms with Crippen LogP contribution in [0.15, 0.2) is 24.3 Å². The first kappa shape index (κ1) is 7.51. The number of benzene rings is 1.